The van der Waals surface area contributed by atoms with E-state index in [2.05, 4.69) is 0 Å². The summed E-state index contributed by atoms with van der Waals surface area (Å²) in [5.41, 5.74) is 15.9. The van der Waals surface area contributed by atoms with Crippen molar-refractivity contribution in [2.45, 2.75) is 0 Å². The summed E-state index contributed by atoms with van der Waals surface area (Å²) < 4.78 is 1.71. The fraction of sp³-hybridized carbons (Fsp3) is 0. The van der Waals surface area contributed by atoms with Crippen molar-refractivity contribution in [1.29, 1.82) is 0 Å². The Bertz CT molecular complexity index is 26.3. The molecule has 0 unspecified atom stereocenters. The Balaban J connectivity index is 0. The summed E-state index contributed by atoms with van der Waals surface area (Å²) in [4.78, 5) is 0. The van der Waals surface area contributed by atoms with Crippen LogP contribution in [-0.4, -0.2) is 32.6 Å². The molecule has 0 aliphatic heterocycles. The summed E-state index contributed by atoms with van der Waals surface area (Å²) in [6.45, 7) is 0. The molecule has 0 saturated carbocycles. The predicted octanol–water partition coefficient (Wildman–Crippen LogP) is 0.236. The normalized spacial score (nSPS) is 12.5. The molecule has 0 bridgehead atoms. The molecule has 0 aromatic heterocycles. The molecule has 0 rings (SSSR count). The Kier molecular flexibility index (Phi) is 10.3. The van der Waals surface area contributed by atoms with Crippen LogP contribution in [0.5, 0.6) is 0 Å². The van der Waals surface area contributed by atoms with Crippen molar-refractivity contribution in [3.8, 4) is 0 Å². The molecular weight excluding hydrogens is 280 g/mol. The zero-order chi connectivity index (χ0) is 4.50. The van der Waals surface area contributed by atoms with Gasteiger partial charge < -0.3 is 0 Å². The van der Waals surface area contributed by atoms with Gasteiger partial charge in [0.15, 0.2) is 0 Å². The third-order valence-corrected chi connectivity index (χ3v) is 0. The number of hydrogen-bond donors (Lipinski definition) is 0. The Morgan fingerprint density at radius 2 is 1.17 bits per heavy atom. The van der Waals surface area contributed by atoms with Crippen LogP contribution in [0.1, 0.15) is 0 Å². The molecule has 6 heavy (non-hydrogen) atoms. The van der Waals surface area contributed by atoms with Crippen LogP contribution in [-0.2, 0) is 0 Å². The Morgan fingerprint density at radius 3 is 1.17 bits per heavy atom. The van der Waals surface area contributed by atoms with Crippen LogP contribution >= 0.6 is 16.9 Å². The molecule has 0 fully saturated rings. The molecule has 0 aromatic carbocycles. The molecule has 0 radical (unpaired) electrons. The molecule has 0 saturated heterocycles. The van der Waals surface area contributed by atoms with E-state index in [-0.39, 0.29) is 29.6 Å². The van der Waals surface area contributed by atoms with Gasteiger partial charge in [-0.15, -0.1) is 0 Å². The topological polar surface area (TPSA) is 0 Å². The average Bonchev–Trinajstić information content (AvgIpc) is 0.722. The van der Waals surface area contributed by atoms with Gasteiger partial charge in [-0.25, -0.2) is 0 Å². The van der Waals surface area contributed by atoms with Gasteiger partial charge in [0.2, 0.25) is 0 Å². The first-order valence-electron chi connectivity index (χ1n) is 1.23. The summed E-state index contributed by atoms with van der Waals surface area (Å²) in [7, 11) is 0. The van der Waals surface area contributed by atoms with E-state index in [0.717, 1.165) is 0 Å². The van der Waals surface area contributed by atoms with E-state index < -0.39 is 28.3 Å². The molecule has 0 aliphatic carbocycles. The molecule has 33 valence electrons. The van der Waals surface area contributed by atoms with Gasteiger partial charge >= 0.3 is 77.7 Å². The van der Waals surface area contributed by atoms with Gasteiger partial charge in [-0.05, 0) is 0 Å². The number of halogens is 3. The number of hydrogen-bond acceptors (Lipinski definition) is 0. The van der Waals surface area contributed by atoms with Crippen LogP contribution in [0, 0.1) is 28.3 Å². The number of rotatable bonds is 0. The van der Waals surface area contributed by atoms with Crippen molar-refractivity contribution in [1.82, 2.24) is 0 Å². The zero-order valence-corrected chi connectivity index (χ0v) is 8.60. The van der Waals surface area contributed by atoms with Crippen LogP contribution in [0.15, 0.2) is 0 Å². The van der Waals surface area contributed by atoms with Crippen molar-refractivity contribution in [3.05, 3.63) is 0 Å². The van der Waals surface area contributed by atoms with E-state index >= 15 is 0 Å². The molecule has 0 amide bonds. The summed E-state index contributed by atoms with van der Waals surface area (Å²) in [6.07, 6.45) is 0. The standard InChI is InChI=1S/BH2.Ce.3ClH.Na.2H/h1H2;;3*1H;;;/q+1;+2;;;;;;/p-3. The van der Waals surface area contributed by atoms with E-state index in [9.17, 15) is 0 Å². The second kappa shape index (κ2) is 5.12. The SMILES string of the molecule is [BH2][CeH]([Cl])([Cl])[Cl].[NaH]. The van der Waals surface area contributed by atoms with Gasteiger partial charge in [-0.1, -0.05) is 0 Å². The van der Waals surface area contributed by atoms with Gasteiger partial charge in [0, 0.05) is 0 Å². The summed E-state index contributed by atoms with van der Waals surface area (Å²) in [6, 6.07) is 0. The van der Waals surface area contributed by atoms with E-state index in [0.29, 0.717) is 0 Å². The first-order valence-corrected chi connectivity index (χ1v) is 18.5. The summed E-state index contributed by atoms with van der Waals surface area (Å²) in [5, 5.41) is 0. The van der Waals surface area contributed by atoms with Crippen molar-refractivity contribution in [3.63, 3.8) is 0 Å². The van der Waals surface area contributed by atoms with E-state index in [1.54, 1.807) is 3.04 Å². The van der Waals surface area contributed by atoms with Crippen molar-refractivity contribution in [2.24, 2.45) is 0 Å². The van der Waals surface area contributed by atoms with Crippen LogP contribution in [0.4, 0.5) is 0 Å². The fourth-order valence-corrected chi connectivity index (χ4v) is 0. The van der Waals surface area contributed by atoms with E-state index in [1.807, 2.05) is 0 Å². The molecule has 0 nitrogen and oxygen atoms in total. The summed E-state index contributed by atoms with van der Waals surface area (Å²) >= 11 is -2.92. The average molecular weight is 284 g/mol. The molecule has 0 aliphatic rings. The second-order valence-corrected chi connectivity index (χ2v) is 30.5. The molecule has 0 aromatic rings. The van der Waals surface area contributed by atoms with Crippen molar-refractivity contribution in [2.75, 3.05) is 0 Å². The van der Waals surface area contributed by atoms with Gasteiger partial charge in [-0.3, -0.25) is 0 Å². The van der Waals surface area contributed by atoms with Crippen LogP contribution in [0.3, 0.4) is 0 Å². The van der Waals surface area contributed by atoms with E-state index in [4.69, 9.17) is 16.9 Å². The van der Waals surface area contributed by atoms with Crippen LogP contribution in [0.2, 0.25) is 0 Å². The molecule has 0 atom stereocenters. The first-order chi connectivity index (χ1) is 2.00. The first kappa shape index (κ1) is 12.0. The Hall–Kier alpha value is 3.31. The van der Waals surface area contributed by atoms with Gasteiger partial charge in [0.05, 0.1) is 0 Å². The van der Waals surface area contributed by atoms with Crippen LogP contribution in [0.25, 0.3) is 0 Å². The third-order valence-electron chi connectivity index (χ3n) is 0. The maximum absolute atomic E-state index is 5.29. The summed E-state index contributed by atoms with van der Waals surface area (Å²) in [5.74, 6) is 0. The Labute approximate surface area is 75.3 Å². The van der Waals surface area contributed by atoms with Crippen molar-refractivity contribution >= 4 is 49.5 Å². The second-order valence-electron chi connectivity index (χ2n) is 0.902. The maximum atomic E-state index is 5.29. The van der Waals surface area contributed by atoms with Gasteiger partial charge in [0.25, 0.3) is 0 Å². The Morgan fingerprint density at radius 1 is 1.17 bits per heavy atom. The van der Waals surface area contributed by atoms with Gasteiger partial charge in [-0.2, -0.15) is 0 Å². The fourth-order valence-electron chi connectivity index (χ4n) is 0. The molecule has 6 heteroatoms. The van der Waals surface area contributed by atoms with Gasteiger partial charge in [0.1, 0.15) is 0 Å². The predicted molar refractivity (Wildman–Crippen MR) is 34.6 cm³/mol. The monoisotopic (exact) mass is 283 g/mol. The zero-order valence-electron chi connectivity index (χ0n) is 2.71. The molecule has 0 spiro atoms. The molecule has 0 heterocycles. The van der Waals surface area contributed by atoms with Crippen molar-refractivity contribution < 1.29 is 28.3 Å². The van der Waals surface area contributed by atoms with E-state index in [1.165, 1.54) is 0 Å². The molecular formula is H4BCeCl3Na. The minimum absolute atomic E-state index is 0. The third kappa shape index (κ3) is 26.6. The minimum atomic E-state index is -2.92. The van der Waals surface area contributed by atoms with Crippen LogP contribution < -0.4 is 0 Å². The quantitative estimate of drug-likeness (QED) is 0.559. The molecule has 0 N–H and O–H groups in total.